The van der Waals surface area contributed by atoms with Gasteiger partial charge in [-0.05, 0) is 48.4 Å². The SMILES string of the molecule is O=C(Cn1ccc2cccnc21)N1CCN(c2ccccc2N2CCc3ccccc3C2=O)CC1. The van der Waals surface area contributed by atoms with Gasteiger partial charge >= 0.3 is 0 Å². The van der Waals surface area contributed by atoms with Crippen LogP contribution in [0.5, 0.6) is 0 Å². The van der Waals surface area contributed by atoms with Crippen LogP contribution in [0.25, 0.3) is 11.0 Å². The molecule has 0 bridgehead atoms. The first-order valence-electron chi connectivity index (χ1n) is 12.1. The van der Waals surface area contributed by atoms with Gasteiger partial charge in [-0.25, -0.2) is 4.98 Å². The molecule has 0 unspecified atom stereocenters. The third kappa shape index (κ3) is 3.93. The molecule has 2 aliphatic rings. The Balaban J connectivity index is 1.16. The predicted octanol–water partition coefficient (Wildman–Crippen LogP) is 3.59. The molecule has 0 spiro atoms. The largest absolute Gasteiger partial charge is 0.366 e. The zero-order valence-electron chi connectivity index (χ0n) is 19.5. The van der Waals surface area contributed by atoms with Crippen molar-refractivity contribution in [3.63, 3.8) is 0 Å². The average molecular weight is 466 g/mol. The number of nitrogens with zero attached hydrogens (tertiary/aromatic N) is 5. The van der Waals surface area contributed by atoms with E-state index in [-0.39, 0.29) is 11.8 Å². The Morgan fingerprint density at radius 2 is 1.60 bits per heavy atom. The van der Waals surface area contributed by atoms with E-state index in [1.165, 1.54) is 0 Å². The van der Waals surface area contributed by atoms with E-state index in [0.29, 0.717) is 26.2 Å². The van der Waals surface area contributed by atoms with Crippen LogP contribution in [0.3, 0.4) is 0 Å². The van der Waals surface area contributed by atoms with Crippen molar-refractivity contribution in [2.75, 3.05) is 42.5 Å². The minimum atomic E-state index is 0.0562. The van der Waals surface area contributed by atoms with E-state index in [1.54, 1.807) is 6.20 Å². The van der Waals surface area contributed by atoms with Crippen LogP contribution in [-0.4, -0.2) is 59.0 Å². The van der Waals surface area contributed by atoms with Gasteiger partial charge in [0.25, 0.3) is 5.91 Å². The Morgan fingerprint density at radius 3 is 2.46 bits per heavy atom. The van der Waals surface area contributed by atoms with Gasteiger partial charge in [0.1, 0.15) is 12.2 Å². The number of carbonyl (C=O) groups is 2. The van der Waals surface area contributed by atoms with Crippen molar-refractivity contribution in [1.29, 1.82) is 0 Å². The van der Waals surface area contributed by atoms with Crippen molar-refractivity contribution in [2.45, 2.75) is 13.0 Å². The number of anilines is 2. The summed E-state index contributed by atoms with van der Waals surface area (Å²) in [6.45, 7) is 3.72. The molecule has 2 aliphatic heterocycles. The van der Waals surface area contributed by atoms with Gasteiger partial charge in [0.2, 0.25) is 5.91 Å². The lowest BCUT2D eigenvalue weighted by Crippen LogP contribution is -2.50. The maximum absolute atomic E-state index is 13.3. The van der Waals surface area contributed by atoms with E-state index >= 15 is 0 Å². The number of rotatable bonds is 4. The van der Waals surface area contributed by atoms with Crippen molar-refractivity contribution in [3.8, 4) is 0 Å². The maximum Gasteiger partial charge on any atom is 0.258 e. The number of piperazine rings is 1. The molecule has 4 heterocycles. The van der Waals surface area contributed by atoms with Crippen molar-refractivity contribution in [3.05, 3.63) is 90.3 Å². The molecule has 7 heteroatoms. The summed E-state index contributed by atoms with van der Waals surface area (Å²) in [4.78, 5) is 36.9. The van der Waals surface area contributed by atoms with Gasteiger partial charge in [-0.15, -0.1) is 0 Å². The van der Waals surface area contributed by atoms with Crippen LogP contribution in [0, 0.1) is 0 Å². The summed E-state index contributed by atoms with van der Waals surface area (Å²) >= 11 is 0. The minimum absolute atomic E-state index is 0.0562. The van der Waals surface area contributed by atoms with Crippen molar-refractivity contribution >= 4 is 34.2 Å². The molecule has 4 aromatic rings. The maximum atomic E-state index is 13.3. The molecular formula is C28H27N5O2. The Kier molecular flexibility index (Phi) is 5.45. The van der Waals surface area contributed by atoms with Crippen LogP contribution in [0.1, 0.15) is 15.9 Å². The average Bonchev–Trinajstić information content (AvgIpc) is 3.32. The highest BCUT2D eigenvalue weighted by atomic mass is 16.2. The summed E-state index contributed by atoms with van der Waals surface area (Å²) < 4.78 is 1.92. The normalized spacial score (nSPS) is 16.0. The standard InChI is InChI=1S/C28H27N5O2/c34-26(20-32-14-11-22-7-5-13-29-27(22)32)31-18-16-30(17-19-31)24-9-3-4-10-25(24)33-15-12-21-6-1-2-8-23(21)28(33)35/h1-11,13-14H,12,15-20H2. The Morgan fingerprint density at radius 1 is 0.829 bits per heavy atom. The molecule has 2 aromatic carbocycles. The number of carbonyl (C=O) groups excluding carboxylic acids is 2. The summed E-state index contributed by atoms with van der Waals surface area (Å²) in [6.07, 6.45) is 4.53. The summed E-state index contributed by atoms with van der Waals surface area (Å²) in [6, 6.07) is 21.9. The van der Waals surface area contributed by atoms with Crippen LogP contribution in [-0.2, 0) is 17.8 Å². The van der Waals surface area contributed by atoms with Gasteiger partial charge < -0.3 is 19.3 Å². The van der Waals surface area contributed by atoms with E-state index in [0.717, 1.165) is 53.0 Å². The van der Waals surface area contributed by atoms with E-state index < -0.39 is 0 Å². The molecule has 0 atom stereocenters. The summed E-state index contributed by atoms with van der Waals surface area (Å²) in [5.74, 6) is 0.157. The fourth-order valence-electron chi connectivity index (χ4n) is 5.21. The lowest BCUT2D eigenvalue weighted by molar-refractivity contribution is -0.132. The van der Waals surface area contributed by atoms with Crippen LogP contribution >= 0.6 is 0 Å². The molecule has 0 saturated carbocycles. The minimum Gasteiger partial charge on any atom is -0.366 e. The fourth-order valence-corrected chi connectivity index (χ4v) is 5.21. The molecule has 1 saturated heterocycles. The number of para-hydroxylation sites is 2. The zero-order valence-corrected chi connectivity index (χ0v) is 19.5. The second-order valence-electron chi connectivity index (χ2n) is 9.08. The molecule has 176 valence electrons. The van der Waals surface area contributed by atoms with Gasteiger partial charge in [-0.2, -0.15) is 0 Å². The first kappa shape index (κ1) is 21.4. The molecular weight excluding hydrogens is 438 g/mol. The highest BCUT2D eigenvalue weighted by Gasteiger charge is 2.29. The van der Waals surface area contributed by atoms with E-state index in [9.17, 15) is 9.59 Å². The number of pyridine rings is 1. The van der Waals surface area contributed by atoms with E-state index in [4.69, 9.17) is 0 Å². The van der Waals surface area contributed by atoms with E-state index in [2.05, 4.69) is 16.0 Å². The van der Waals surface area contributed by atoms with Crippen LogP contribution < -0.4 is 9.80 Å². The zero-order chi connectivity index (χ0) is 23.8. The highest BCUT2D eigenvalue weighted by molar-refractivity contribution is 6.09. The number of hydrogen-bond donors (Lipinski definition) is 0. The van der Waals surface area contributed by atoms with Gasteiger partial charge in [0, 0.05) is 56.1 Å². The second-order valence-corrected chi connectivity index (χ2v) is 9.08. The number of aromatic nitrogens is 2. The first-order chi connectivity index (χ1) is 17.2. The fraction of sp³-hybridized carbons (Fsp3) is 0.250. The van der Waals surface area contributed by atoms with Crippen LogP contribution in [0.15, 0.2) is 79.1 Å². The van der Waals surface area contributed by atoms with Crippen LogP contribution in [0.4, 0.5) is 11.4 Å². The Bertz CT molecular complexity index is 1400. The van der Waals surface area contributed by atoms with Gasteiger partial charge in [0.15, 0.2) is 0 Å². The topological polar surface area (TPSA) is 61.7 Å². The molecule has 7 nitrogen and oxygen atoms in total. The summed E-state index contributed by atoms with van der Waals surface area (Å²) in [7, 11) is 0. The molecule has 1 fully saturated rings. The molecule has 35 heavy (non-hydrogen) atoms. The number of benzene rings is 2. The van der Waals surface area contributed by atoms with Crippen molar-refractivity contribution in [2.24, 2.45) is 0 Å². The van der Waals surface area contributed by atoms with E-state index in [1.807, 2.05) is 81.2 Å². The second kappa shape index (κ2) is 8.91. The highest BCUT2D eigenvalue weighted by Crippen LogP contribution is 2.33. The lowest BCUT2D eigenvalue weighted by Gasteiger charge is -2.39. The van der Waals surface area contributed by atoms with Crippen molar-refractivity contribution < 1.29 is 9.59 Å². The molecule has 0 radical (unpaired) electrons. The molecule has 0 N–H and O–H groups in total. The predicted molar refractivity (Wildman–Crippen MR) is 137 cm³/mol. The summed E-state index contributed by atoms with van der Waals surface area (Å²) in [5.41, 5.74) is 4.73. The number of fused-ring (bicyclic) bond motifs is 2. The van der Waals surface area contributed by atoms with Crippen LogP contribution in [0.2, 0.25) is 0 Å². The first-order valence-corrected chi connectivity index (χ1v) is 12.1. The van der Waals surface area contributed by atoms with Gasteiger partial charge in [-0.3, -0.25) is 9.59 Å². The molecule has 0 aliphatic carbocycles. The Hall–Kier alpha value is -4.13. The molecule has 6 rings (SSSR count). The van der Waals surface area contributed by atoms with Crippen molar-refractivity contribution in [1.82, 2.24) is 14.5 Å². The van der Waals surface area contributed by atoms with Gasteiger partial charge in [0.05, 0.1) is 11.4 Å². The summed E-state index contributed by atoms with van der Waals surface area (Å²) in [5, 5.41) is 1.04. The monoisotopic (exact) mass is 465 g/mol. The smallest absolute Gasteiger partial charge is 0.258 e. The third-order valence-corrected chi connectivity index (χ3v) is 7.07. The third-order valence-electron chi connectivity index (χ3n) is 7.07. The van der Waals surface area contributed by atoms with Gasteiger partial charge in [-0.1, -0.05) is 30.3 Å². The lowest BCUT2D eigenvalue weighted by atomic mass is 9.98. The number of amides is 2. The Labute approximate surface area is 204 Å². The quantitative estimate of drug-likeness (QED) is 0.462. The molecule has 2 aromatic heterocycles. The molecule has 2 amide bonds. The number of hydrogen-bond acceptors (Lipinski definition) is 4.